The molecule has 0 heterocycles. The molecule has 0 spiro atoms. The van der Waals surface area contributed by atoms with Gasteiger partial charge in [0.25, 0.3) is 0 Å². The molecule has 0 unspecified atom stereocenters. The summed E-state index contributed by atoms with van der Waals surface area (Å²) in [6, 6.07) is 12.9. The van der Waals surface area contributed by atoms with Crippen molar-refractivity contribution in [3.05, 3.63) is 60.2 Å². The monoisotopic (exact) mass is 254 g/mol. The van der Waals surface area contributed by atoms with Gasteiger partial charge in [-0.3, -0.25) is 4.79 Å². The van der Waals surface area contributed by atoms with E-state index < -0.39 is 11.8 Å². The zero-order valence-electron chi connectivity index (χ0n) is 10.7. The maximum absolute atomic E-state index is 12.3. The van der Waals surface area contributed by atoms with Gasteiger partial charge in [0, 0.05) is 5.56 Å². The molecule has 19 heavy (non-hydrogen) atoms. The highest BCUT2D eigenvalue weighted by Crippen LogP contribution is 2.21. The average Bonchev–Trinajstić information content (AvgIpc) is 2.45. The molecule has 0 N–H and O–H groups in total. The minimum Gasteiger partial charge on any atom is -0.462 e. The molecule has 96 valence electrons. The maximum atomic E-state index is 12.3. The molecule has 2 aromatic carbocycles. The molecule has 3 heteroatoms. The quantitative estimate of drug-likeness (QED) is 0.277. The standard InChI is InChI=1S/C16H14O3/c1-3-19-16(18)11(2)15(17)14-10-6-8-12-7-4-5-9-13(12)14/h4-10H,2-3H2,1H3. The van der Waals surface area contributed by atoms with E-state index in [9.17, 15) is 9.59 Å². The van der Waals surface area contributed by atoms with Crippen LogP contribution < -0.4 is 0 Å². The lowest BCUT2D eigenvalue weighted by molar-refractivity contribution is -0.138. The van der Waals surface area contributed by atoms with Crippen LogP contribution in [-0.4, -0.2) is 18.4 Å². The van der Waals surface area contributed by atoms with Crippen LogP contribution in [0.25, 0.3) is 10.8 Å². The second-order valence-corrected chi connectivity index (χ2v) is 4.05. The fraction of sp³-hybridized carbons (Fsp3) is 0.125. The van der Waals surface area contributed by atoms with Gasteiger partial charge in [0.2, 0.25) is 0 Å². The second-order valence-electron chi connectivity index (χ2n) is 4.05. The van der Waals surface area contributed by atoms with Crippen LogP contribution in [0.5, 0.6) is 0 Å². The third-order valence-electron chi connectivity index (χ3n) is 2.83. The van der Waals surface area contributed by atoms with Crippen molar-refractivity contribution in [1.29, 1.82) is 0 Å². The molecule has 0 aliphatic carbocycles. The average molecular weight is 254 g/mol. The van der Waals surface area contributed by atoms with Crippen molar-refractivity contribution in [3.63, 3.8) is 0 Å². The lowest BCUT2D eigenvalue weighted by atomic mass is 9.98. The number of ether oxygens (including phenoxy) is 1. The van der Waals surface area contributed by atoms with Crippen LogP contribution in [0.3, 0.4) is 0 Å². The Kier molecular flexibility index (Phi) is 3.76. The van der Waals surface area contributed by atoms with E-state index in [1.54, 1.807) is 19.1 Å². The third kappa shape index (κ3) is 2.55. The van der Waals surface area contributed by atoms with Gasteiger partial charge in [0.15, 0.2) is 5.78 Å². The first kappa shape index (κ1) is 13.0. The smallest absolute Gasteiger partial charge is 0.341 e. The first-order chi connectivity index (χ1) is 9.15. The number of hydrogen-bond acceptors (Lipinski definition) is 3. The van der Waals surface area contributed by atoms with E-state index in [1.807, 2.05) is 30.3 Å². The molecule has 0 aliphatic heterocycles. The number of ketones is 1. The fourth-order valence-electron chi connectivity index (χ4n) is 1.90. The van der Waals surface area contributed by atoms with Gasteiger partial charge in [0.05, 0.1) is 6.61 Å². The Hall–Kier alpha value is -2.42. The SMILES string of the molecule is C=C(C(=O)OCC)C(=O)c1cccc2ccccc12. The number of rotatable bonds is 4. The van der Waals surface area contributed by atoms with Gasteiger partial charge in [-0.05, 0) is 17.7 Å². The lowest BCUT2D eigenvalue weighted by Crippen LogP contribution is -2.15. The Morgan fingerprint density at radius 3 is 2.53 bits per heavy atom. The summed E-state index contributed by atoms with van der Waals surface area (Å²) >= 11 is 0. The largest absolute Gasteiger partial charge is 0.462 e. The zero-order chi connectivity index (χ0) is 13.8. The highest BCUT2D eigenvalue weighted by atomic mass is 16.5. The number of benzene rings is 2. The molecule has 0 radical (unpaired) electrons. The Labute approximate surface area is 111 Å². The Bertz CT molecular complexity index is 651. The predicted molar refractivity (Wildman–Crippen MR) is 74.1 cm³/mol. The van der Waals surface area contributed by atoms with Gasteiger partial charge in [0.1, 0.15) is 5.57 Å². The van der Waals surface area contributed by atoms with Crippen molar-refractivity contribution in [1.82, 2.24) is 0 Å². The van der Waals surface area contributed by atoms with E-state index in [1.165, 1.54) is 0 Å². The van der Waals surface area contributed by atoms with Crippen LogP contribution >= 0.6 is 0 Å². The maximum Gasteiger partial charge on any atom is 0.341 e. The number of carbonyl (C=O) groups excluding carboxylic acids is 2. The summed E-state index contributed by atoms with van der Waals surface area (Å²) in [6.45, 7) is 5.44. The molecule has 0 fully saturated rings. The van der Waals surface area contributed by atoms with Gasteiger partial charge < -0.3 is 4.74 Å². The lowest BCUT2D eigenvalue weighted by Gasteiger charge is -2.07. The van der Waals surface area contributed by atoms with Crippen molar-refractivity contribution in [2.75, 3.05) is 6.61 Å². The normalized spacial score (nSPS) is 10.2. The molecule has 0 saturated carbocycles. The van der Waals surface area contributed by atoms with Crippen LogP contribution in [-0.2, 0) is 9.53 Å². The van der Waals surface area contributed by atoms with Crippen LogP contribution in [0, 0.1) is 0 Å². The summed E-state index contributed by atoms with van der Waals surface area (Å²) < 4.78 is 4.80. The molecule has 0 bridgehead atoms. The Balaban J connectivity index is 2.42. The summed E-state index contributed by atoms with van der Waals surface area (Å²) in [7, 11) is 0. The molecular formula is C16H14O3. The summed E-state index contributed by atoms with van der Waals surface area (Å²) in [4.78, 5) is 23.8. The highest BCUT2D eigenvalue weighted by molar-refractivity contribution is 6.27. The van der Waals surface area contributed by atoms with Gasteiger partial charge in [-0.2, -0.15) is 0 Å². The second kappa shape index (κ2) is 5.48. The van der Waals surface area contributed by atoms with E-state index in [2.05, 4.69) is 6.58 Å². The molecule has 2 rings (SSSR count). The number of esters is 1. The molecule has 3 nitrogen and oxygen atoms in total. The molecule has 0 atom stereocenters. The number of carbonyl (C=O) groups is 2. The summed E-state index contributed by atoms with van der Waals surface area (Å²) in [6.07, 6.45) is 0. The number of hydrogen-bond donors (Lipinski definition) is 0. The Morgan fingerprint density at radius 2 is 1.79 bits per heavy atom. The van der Waals surface area contributed by atoms with Crippen molar-refractivity contribution in [2.45, 2.75) is 6.92 Å². The molecular weight excluding hydrogens is 240 g/mol. The van der Waals surface area contributed by atoms with Gasteiger partial charge >= 0.3 is 5.97 Å². The molecule has 0 aliphatic rings. The number of fused-ring (bicyclic) bond motifs is 1. The molecule has 0 saturated heterocycles. The topological polar surface area (TPSA) is 43.4 Å². The van der Waals surface area contributed by atoms with E-state index >= 15 is 0 Å². The summed E-state index contributed by atoms with van der Waals surface area (Å²) in [5.74, 6) is -1.06. The molecule has 0 aromatic heterocycles. The fourth-order valence-corrected chi connectivity index (χ4v) is 1.90. The summed E-state index contributed by atoms with van der Waals surface area (Å²) in [5.41, 5.74) is 0.328. The van der Waals surface area contributed by atoms with Crippen molar-refractivity contribution < 1.29 is 14.3 Å². The van der Waals surface area contributed by atoms with Crippen molar-refractivity contribution in [3.8, 4) is 0 Å². The van der Waals surface area contributed by atoms with Crippen LogP contribution in [0.1, 0.15) is 17.3 Å². The first-order valence-electron chi connectivity index (χ1n) is 6.03. The molecule has 0 amide bonds. The summed E-state index contributed by atoms with van der Waals surface area (Å²) in [5, 5.41) is 1.76. The number of Topliss-reactive ketones (excluding diaryl/α,β-unsaturated/α-hetero) is 1. The minimum absolute atomic E-state index is 0.141. The van der Waals surface area contributed by atoms with Crippen LogP contribution in [0.2, 0.25) is 0 Å². The molecule has 2 aromatic rings. The Morgan fingerprint density at radius 1 is 1.11 bits per heavy atom. The van der Waals surface area contributed by atoms with E-state index in [0.717, 1.165) is 10.8 Å². The van der Waals surface area contributed by atoms with Crippen molar-refractivity contribution in [2.24, 2.45) is 0 Å². The van der Waals surface area contributed by atoms with E-state index in [-0.39, 0.29) is 12.2 Å². The van der Waals surface area contributed by atoms with Crippen LogP contribution in [0.4, 0.5) is 0 Å². The van der Waals surface area contributed by atoms with Crippen LogP contribution in [0.15, 0.2) is 54.6 Å². The van der Waals surface area contributed by atoms with Gasteiger partial charge in [-0.1, -0.05) is 49.0 Å². The highest BCUT2D eigenvalue weighted by Gasteiger charge is 2.20. The minimum atomic E-state index is -0.666. The van der Waals surface area contributed by atoms with E-state index in [4.69, 9.17) is 4.74 Å². The van der Waals surface area contributed by atoms with Crippen molar-refractivity contribution >= 4 is 22.5 Å². The van der Waals surface area contributed by atoms with Gasteiger partial charge in [-0.15, -0.1) is 0 Å². The van der Waals surface area contributed by atoms with E-state index in [0.29, 0.717) is 5.56 Å². The first-order valence-corrected chi connectivity index (χ1v) is 6.03. The predicted octanol–water partition coefficient (Wildman–Crippen LogP) is 3.14. The zero-order valence-corrected chi connectivity index (χ0v) is 10.7. The third-order valence-corrected chi connectivity index (χ3v) is 2.83. The van der Waals surface area contributed by atoms with Gasteiger partial charge in [-0.25, -0.2) is 4.79 Å².